The maximum Gasteiger partial charge on any atom is 0.309 e. The summed E-state index contributed by atoms with van der Waals surface area (Å²) >= 11 is 0. The van der Waals surface area contributed by atoms with Crippen molar-refractivity contribution in [3.05, 3.63) is 0 Å². The van der Waals surface area contributed by atoms with Gasteiger partial charge in [-0.25, -0.2) is 0 Å². The Bertz CT molecular complexity index is 325. The lowest BCUT2D eigenvalue weighted by atomic mass is 10.3. The van der Waals surface area contributed by atoms with Crippen LogP contribution in [0.3, 0.4) is 0 Å². The van der Waals surface area contributed by atoms with Crippen molar-refractivity contribution in [2.45, 2.75) is 12.8 Å². The van der Waals surface area contributed by atoms with Crippen molar-refractivity contribution in [2.24, 2.45) is 0 Å². The first-order valence-corrected chi connectivity index (χ1v) is 8.32. The zero-order valence-corrected chi connectivity index (χ0v) is 17.9. The van der Waals surface area contributed by atoms with E-state index in [2.05, 4.69) is 10.6 Å². The second-order valence-electron chi connectivity index (χ2n) is 6.02. The average molecular weight is 462 g/mol. The molecule has 8 nitrogen and oxygen atoms in total. The van der Waals surface area contributed by atoms with E-state index in [4.69, 9.17) is 10.2 Å². The number of nitrogens with two attached hydrogens (primary N) is 2. The van der Waals surface area contributed by atoms with Crippen molar-refractivity contribution in [1.29, 1.82) is 0 Å². The fraction of sp³-hybridized carbons (Fsp3) is 0.857. The van der Waals surface area contributed by atoms with E-state index in [0.29, 0.717) is 13.1 Å². The number of hydrogen-bond donors (Lipinski definition) is 6. The summed E-state index contributed by atoms with van der Waals surface area (Å²) in [5, 5.41) is 22.3. The zero-order chi connectivity index (χ0) is 16.2. The smallest absolute Gasteiger partial charge is 0.309 e. The van der Waals surface area contributed by atoms with Crippen LogP contribution in [0.5, 0.6) is 0 Å². The number of aliphatic carboxylic acids is 2. The van der Waals surface area contributed by atoms with Crippen LogP contribution in [0.15, 0.2) is 0 Å². The number of carbonyl (C=O) groups is 2. The van der Waals surface area contributed by atoms with Crippen molar-refractivity contribution in [3.63, 3.8) is 0 Å². The molecule has 0 amide bonds. The molecule has 0 aromatic carbocycles. The highest BCUT2D eigenvalue weighted by atomic mass is 35.5. The summed E-state index contributed by atoms with van der Waals surface area (Å²) in [6, 6.07) is 0. The van der Waals surface area contributed by atoms with Crippen molar-refractivity contribution >= 4 is 11.9 Å². The SMILES string of the molecule is O=C(O)CC[NH+]1CC[NH2+]CC[NH2+]CC[NH+](CCC(=O)O)CC1.[Cl-].[Cl-].[Cl-].[Cl-]. The molecule has 160 valence electrons. The Morgan fingerprint density at radius 1 is 0.654 bits per heavy atom. The van der Waals surface area contributed by atoms with Crippen LogP contribution in [0.25, 0.3) is 0 Å². The standard InChI is InChI=1S/C14H28N4O4.4ClH/c19-13(20)1-7-17-9-5-15-3-4-16-6-10-18(12-11-17)8-2-14(21)22;;;;/h15-16H,1-12H2,(H,19,20)(H,21,22);4*1H. The van der Waals surface area contributed by atoms with Crippen molar-refractivity contribution in [2.75, 3.05) is 65.4 Å². The molecule has 26 heavy (non-hydrogen) atoms. The molecule has 0 bridgehead atoms. The molecule has 0 aromatic rings. The Morgan fingerprint density at radius 3 is 1.31 bits per heavy atom. The normalized spacial score (nSPS) is 21.1. The van der Waals surface area contributed by atoms with Crippen LogP contribution in [0.2, 0.25) is 0 Å². The third-order valence-electron chi connectivity index (χ3n) is 4.20. The summed E-state index contributed by atoms with van der Waals surface area (Å²) in [4.78, 5) is 24.2. The minimum atomic E-state index is -0.743. The Morgan fingerprint density at radius 2 is 1.00 bits per heavy atom. The number of rotatable bonds is 6. The summed E-state index contributed by atoms with van der Waals surface area (Å²) in [5.41, 5.74) is 0. The van der Waals surface area contributed by atoms with E-state index in [1.807, 2.05) is 0 Å². The molecule has 1 saturated heterocycles. The maximum atomic E-state index is 10.8. The van der Waals surface area contributed by atoms with E-state index < -0.39 is 11.9 Å². The van der Waals surface area contributed by atoms with Gasteiger partial charge in [0.2, 0.25) is 0 Å². The Labute approximate surface area is 180 Å². The van der Waals surface area contributed by atoms with Crippen molar-refractivity contribution in [1.82, 2.24) is 0 Å². The maximum absolute atomic E-state index is 10.8. The molecule has 8 N–H and O–H groups in total. The highest BCUT2D eigenvalue weighted by Crippen LogP contribution is 1.72. The van der Waals surface area contributed by atoms with Crippen LogP contribution >= 0.6 is 0 Å². The van der Waals surface area contributed by atoms with E-state index in [-0.39, 0.29) is 62.5 Å². The van der Waals surface area contributed by atoms with Gasteiger partial charge in [-0.3, -0.25) is 9.59 Å². The van der Waals surface area contributed by atoms with Crippen molar-refractivity contribution in [3.8, 4) is 0 Å². The summed E-state index contributed by atoms with van der Waals surface area (Å²) in [7, 11) is 0. The van der Waals surface area contributed by atoms with Crippen LogP contribution < -0.4 is 70.1 Å². The lowest BCUT2D eigenvalue weighted by Crippen LogP contribution is -3.22. The van der Waals surface area contributed by atoms with Crippen LogP contribution in [-0.4, -0.2) is 87.6 Å². The molecule has 0 aliphatic carbocycles. The Balaban J connectivity index is -0.000000605. The fourth-order valence-electron chi connectivity index (χ4n) is 2.81. The second kappa shape index (κ2) is 21.2. The molecule has 1 rings (SSSR count). The lowest BCUT2D eigenvalue weighted by Gasteiger charge is -2.23. The van der Waals surface area contributed by atoms with Gasteiger partial charge in [0.05, 0.1) is 25.9 Å². The molecule has 0 spiro atoms. The number of quaternary nitrogens is 4. The van der Waals surface area contributed by atoms with Gasteiger partial charge < -0.3 is 80.3 Å². The lowest BCUT2D eigenvalue weighted by molar-refractivity contribution is -0.968. The average Bonchev–Trinajstić information content (AvgIpc) is 2.45. The minimum Gasteiger partial charge on any atom is -1.00 e. The molecule has 1 fully saturated rings. The molecule has 0 aromatic heterocycles. The van der Waals surface area contributed by atoms with E-state index in [0.717, 1.165) is 52.4 Å². The molecule has 0 radical (unpaired) electrons. The Kier molecular flexibility index (Phi) is 27.4. The topological polar surface area (TPSA) is 117 Å². The molecule has 1 aliphatic rings. The molecular weight excluding hydrogens is 430 g/mol. The third kappa shape index (κ3) is 18.7. The summed E-state index contributed by atoms with van der Waals surface area (Å²) in [5.74, 6) is -1.49. The van der Waals surface area contributed by atoms with Gasteiger partial charge >= 0.3 is 11.9 Å². The number of carboxylic acids is 2. The summed E-state index contributed by atoms with van der Waals surface area (Å²) in [6.07, 6.45) is 0.404. The van der Waals surface area contributed by atoms with Crippen LogP contribution in [0, 0.1) is 0 Å². The van der Waals surface area contributed by atoms with Gasteiger partial charge in [-0.1, -0.05) is 0 Å². The highest BCUT2D eigenvalue weighted by molar-refractivity contribution is 5.66. The van der Waals surface area contributed by atoms with Crippen LogP contribution in [0.1, 0.15) is 12.8 Å². The van der Waals surface area contributed by atoms with Crippen LogP contribution in [0.4, 0.5) is 0 Å². The first-order chi connectivity index (χ1) is 10.6. The number of halogens is 4. The Hall–Kier alpha value is -0.0600. The van der Waals surface area contributed by atoms with E-state index in [9.17, 15) is 9.59 Å². The molecule has 2 atom stereocenters. The largest absolute Gasteiger partial charge is 1.00 e. The predicted molar refractivity (Wildman–Crippen MR) is 79.0 cm³/mol. The molecule has 2 unspecified atom stereocenters. The molecule has 1 aliphatic heterocycles. The highest BCUT2D eigenvalue weighted by Gasteiger charge is 2.18. The van der Waals surface area contributed by atoms with Crippen molar-refractivity contribution < 1.29 is 89.9 Å². The summed E-state index contributed by atoms with van der Waals surface area (Å²) in [6.45, 7) is 9.28. The van der Waals surface area contributed by atoms with Gasteiger partial charge in [-0.05, 0) is 0 Å². The van der Waals surface area contributed by atoms with Gasteiger partial charge in [-0.2, -0.15) is 0 Å². The summed E-state index contributed by atoms with van der Waals surface area (Å²) < 4.78 is 0. The van der Waals surface area contributed by atoms with Gasteiger partial charge in [0, 0.05) is 0 Å². The molecule has 0 saturated carbocycles. The predicted octanol–water partition coefficient (Wildman–Crippen LogP) is -18.1. The van der Waals surface area contributed by atoms with Gasteiger partial charge in [0.25, 0.3) is 0 Å². The quantitative estimate of drug-likeness (QED) is 0.235. The van der Waals surface area contributed by atoms with Gasteiger partial charge in [0.1, 0.15) is 52.4 Å². The van der Waals surface area contributed by atoms with E-state index >= 15 is 0 Å². The fourth-order valence-corrected chi connectivity index (χ4v) is 2.81. The van der Waals surface area contributed by atoms with Crippen LogP contribution in [-0.2, 0) is 9.59 Å². The monoisotopic (exact) mass is 460 g/mol. The third-order valence-corrected chi connectivity index (χ3v) is 4.20. The molecular formula is C14H32Cl4N4O4. The van der Waals surface area contributed by atoms with Gasteiger partial charge in [-0.15, -0.1) is 0 Å². The zero-order valence-electron chi connectivity index (χ0n) is 14.9. The number of carboxylic acid groups (broad SMARTS) is 2. The number of nitrogens with one attached hydrogen (secondary N) is 2. The van der Waals surface area contributed by atoms with Gasteiger partial charge in [0.15, 0.2) is 0 Å². The van der Waals surface area contributed by atoms with E-state index in [1.165, 1.54) is 9.80 Å². The minimum absolute atomic E-state index is 0. The molecule has 1 heterocycles. The number of hydrogen-bond acceptors (Lipinski definition) is 2. The first kappa shape index (κ1) is 33.5. The second-order valence-corrected chi connectivity index (χ2v) is 6.02. The van der Waals surface area contributed by atoms with E-state index in [1.54, 1.807) is 0 Å². The first-order valence-electron chi connectivity index (χ1n) is 8.32. The molecule has 12 heteroatoms.